The zero-order chi connectivity index (χ0) is 19.7. The van der Waals surface area contributed by atoms with Crippen molar-refractivity contribution in [2.24, 2.45) is 5.92 Å². The number of carbonyl (C=O) groups is 1. The highest BCUT2D eigenvalue weighted by Gasteiger charge is 2.36. The molecule has 1 aliphatic heterocycles. The number of carbonyl (C=O) groups excluding carboxylic acids is 1. The fourth-order valence-electron chi connectivity index (χ4n) is 3.06. The van der Waals surface area contributed by atoms with E-state index in [2.05, 4.69) is 29.1 Å². The van der Waals surface area contributed by atoms with Gasteiger partial charge in [0, 0.05) is 24.7 Å². The highest BCUT2D eigenvalue weighted by molar-refractivity contribution is 7.79. The van der Waals surface area contributed by atoms with Crippen molar-refractivity contribution in [2.45, 2.75) is 31.2 Å². The number of anilines is 4. The zero-order valence-corrected chi connectivity index (χ0v) is 16.5. The molecule has 1 amide bonds. The Kier molecular flexibility index (Phi) is 5.43. The lowest BCUT2D eigenvalue weighted by Crippen LogP contribution is -2.51. The Bertz CT molecular complexity index is 872. The van der Waals surface area contributed by atoms with E-state index in [1.165, 1.54) is 12.1 Å². The SMILES string of the molecule is CC(C)CC1C(=O)N(C)c2cnc(Nc3ccc(S(=O)[O-])cc3)nc2N1C. The van der Waals surface area contributed by atoms with Crippen LogP contribution < -0.4 is 15.1 Å². The van der Waals surface area contributed by atoms with Crippen molar-refractivity contribution in [1.29, 1.82) is 0 Å². The maximum absolute atomic E-state index is 12.7. The Balaban J connectivity index is 1.88. The molecule has 2 atom stereocenters. The van der Waals surface area contributed by atoms with Crippen molar-refractivity contribution in [3.8, 4) is 0 Å². The molecule has 1 aliphatic rings. The van der Waals surface area contributed by atoms with Crippen molar-refractivity contribution >= 4 is 40.1 Å². The summed E-state index contributed by atoms with van der Waals surface area (Å²) in [7, 11) is 3.60. The van der Waals surface area contributed by atoms with E-state index >= 15 is 0 Å². The van der Waals surface area contributed by atoms with Crippen LogP contribution in [0.15, 0.2) is 35.4 Å². The molecule has 0 saturated heterocycles. The second kappa shape index (κ2) is 7.61. The number of hydrogen-bond acceptors (Lipinski definition) is 7. The van der Waals surface area contributed by atoms with Gasteiger partial charge in [0.1, 0.15) is 11.7 Å². The molecule has 0 saturated carbocycles. The maximum atomic E-state index is 12.7. The summed E-state index contributed by atoms with van der Waals surface area (Å²) in [6.07, 6.45) is 2.35. The van der Waals surface area contributed by atoms with E-state index < -0.39 is 11.1 Å². The normalized spacial score (nSPS) is 17.9. The first-order chi connectivity index (χ1) is 12.8. The van der Waals surface area contributed by atoms with Crippen LogP contribution in [0.1, 0.15) is 20.3 Å². The first-order valence-electron chi connectivity index (χ1n) is 8.61. The number of fused-ring (bicyclic) bond motifs is 1. The quantitative estimate of drug-likeness (QED) is 0.784. The first kappa shape index (κ1) is 19.2. The number of amides is 1. The summed E-state index contributed by atoms with van der Waals surface area (Å²) in [6, 6.07) is 6.03. The molecule has 1 aromatic heterocycles. The molecule has 9 heteroatoms. The molecule has 144 valence electrons. The third-order valence-electron chi connectivity index (χ3n) is 4.53. The van der Waals surface area contributed by atoms with Gasteiger partial charge in [-0.25, -0.2) is 4.98 Å². The number of hydrogen-bond donors (Lipinski definition) is 1. The minimum absolute atomic E-state index is 0.0317. The fourth-order valence-corrected chi connectivity index (χ4v) is 3.42. The molecule has 0 bridgehead atoms. The summed E-state index contributed by atoms with van der Waals surface area (Å²) in [5, 5.41) is 3.07. The molecule has 2 heterocycles. The van der Waals surface area contributed by atoms with Gasteiger partial charge in [-0.05, 0) is 47.7 Å². The first-order valence-corrected chi connectivity index (χ1v) is 9.69. The van der Waals surface area contributed by atoms with Gasteiger partial charge in [0.2, 0.25) is 11.9 Å². The van der Waals surface area contributed by atoms with E-state index in [0.29, 0.717) is 29.1 Å². The molecular weight excluding hydrogens is 366 g/mol. The Hall–Kier alpha value is -2.52. The fraction of sp³-hybridized carbons (Fsp3) is 0.389. The lowest BCUT2D eigenvalue weighted by Gasteiger charge is -2.39. The maximum Gasteiger partial charge on any atom is 0.249 e. The van der Waals surface area contributed by atoms with Crippen molar-refractivity contribution in [3.63, 3.8) is 0 Å². The Morgan fingerprint density at radius 1 is 1.26 bits per heavy atom. The van der Waals surface area contributed by atoms with Crippen molar-refractivity contribution in [2.75, 3.05) is 29.2 Å². The highest BCUT2D eigenvalue weighted by atomic mass is 32.2. The minimum Gasteiger partial charge on any atom is -0.768 e. The predicted octanol–water partition coefficient (Wildman–Crippen LogP) is 2.29. The third kappa shape index (κ3) is 3.93. The van der Waals surface area contributed by atoms with Gasteiger partial charge in [0.15, 0.2) is 5.82 Å². The van der Waals surface area contributed by atoms with E-state index in [-0.39, 0.29) is 16.8 Å². The van der Waals surface area contributed by atoms with Gasteiger partial charge in [-0.3, -0.25) is 9.00 Å². The monoisotopic (exact) mass is 388 g/mol. The Morgan fingerprint density at radius 2 is 1.93 bits per heavy atom. The topological polar surface area (TPSA) is 101 Å². The molecular formula is C18H22N5O3S-. The van der Waals surface area contributed by atoms with Crippen LogP contribution in [0, 0.1) is 5.92 Å². The Labute approximate surface area is 160 Å². The second-order valence-corrected chi connectivity index (χ2v) is 7.88. The number of benzene rings is 1. The number of likely N-dealkylation sites (N-methyl/N-ethyl adjacent to an activating group) is 2. The van der Waals surface area contributed by atoms with E-state index in [1.54, 1.807) is 30.3 Å². The van der Waals surface area contributed by atoms with Crippen molar-refractivity contribution < 1.29 is 13.6 Å². The van der Waals surface area contributed by atoms with E-state index in [4.69, 9.17) is 0 Å². The lowest BCUT2D eigenvalue weighted by molar-refractivity contribution is -0.120. The van der Waals surface area contributed by atoms with Gasteiger partial charge in [-0.2, -0.15) is 4.98 Å². The van der Waals surface area contributed by atoms with Gasteiger partial charge >= 0.3 is 0 Å². The lowest BCUT2D eigenvalue weighted by atomic mass is 9.99. The van der Waals surface area contributed by atoms with Crippen molar-refractivity contribution in [3.05, 3.63) is 30.5 Å². The molecule has 0 spiro atoms. The van der Waals surface area contributed by atoms with Crippen molar-refractivity contribution in [1.82, 2.24) is 9.97 Å². The highest BCUT2D eigenvalue weighted by Crippen LogP contribution is 2.34. The summed E-state index contributed by atoms with van der Waals surface area (Å²) < 4.78 is 21.9. The number of rotatable bonds is 5. The van der Waals surface area contributed by atoms with Crippen LogP contribution in [0.4, 0.5) is 23.1 Å². The molecule has 8 nitrogen and oxygen atoms in total. The molecule has 0 fully saturated rings. The molecule has 27 heavy (non-hydrogen) atoms. The summed E-state index contributed by atoms with van der Waals surface area (Å²) in [5.41, 5.74) is 1.33. The molecule has 2 unspecified atom stereocenters. The van der Waals surface area contributed by atoms with Crippen LogP contribution in [0.3, 0.4) is 0 Å². The molecule has 0 aliphatic carbocycles. The summed E-state index contributed by atoms with van der Waals surface area (Å²) in [6.45, 7) is 4.17. The number of aromatic nitrogens is 2. The van der Waals surface area contributed by atoms with Crippen LogP contribution in [-0.4, -0.2) is 44.8 Å². The minimum atomic E-state index is -2.26. The standard InChI is InChI=1S/C18H23N5O3S/c1-11(2)9-14-17(24)23(4)15-10-19-18(21-16(15)22(14)3)20-12-5-7-13(8-6-12)27(25)26/h5-8,10-11,14H,9H2,1-4H3,(H,25,26)(H,19,20,21)/p-1. The van der Waals surface area contributed by atoms with Gasteiger partial charge in [0.25, 0.3) is 0 Å². The van der Waals surface area contributed by atoms with E-state index in [0.717, 1.165) is 6.42 Å². The third-order valence-corrected chi connectivity index (χ3v) is 5.18. The largest absolute Gasteiger partial charge is 0.768 e. The smallest absolute Gasteiger partial charge is 0.249 e. The molecule has 1 aromatic carbocycles. The van der Waals surface area contributed by atoms with Crippen LogP contribution in [0.5, 0.6) is 0 Å². The Morgan fingerprint density at radius 3 is 2.52 bits per heavy atom. The van der Waals surface area contributed by atoms with Crippen LogP contribution in [0.2, 0.25) is 0 Å². The van der Waals surface area contributed by atoms with Gasteiger partial charge in [-0.1, -0.05) is 13.8 Å². The van der Waals surface area contributed by atoms with Crippen LogP contribution >= 0.6 is 0 Å². The molecule has 1 N–H and O–H groups in total. The summed E-state index contributed by atoms with van der Waals surface area (Å²) >= 11 is -2.26. The van der Waals surface area contributed by atoms with Gasteiger partial charge in [-0.15, -0.1) is 0 Å². The van der Waals surface area contributed by atoms with Gasteiger partial charge in [0.05, 0.1) is 6.20 Å². The molecule has 3 rings (SSSR count). The predicted molar refractivity (Wildman–Crippen MR) is 104 cm³/mol. The molecule has 0 radical (unpaired) electrons. The van der Waals surface area contributed by atoms with E-state index in [9.17, 15) is 13.6 Å². The number of nitrogens with one attached hydrogen (secondary N) is 1. The van der Waals surface area contributed by atoms with Gasteiger partial charge < -0.3 is 19.7 Å². The average molecular weight is 388 g/mol. The van der Waals surface area contributed by atoms with Crippen LogP contribution in [-0.2, 0) is 15.9 Å². The molecule has 2 aromatic rings. The summed E-state index contributed by atoms with van der Waals surface area (Å²) in [5.74, 6) is 1.46. The zero-order valence-electron chi connectivity index (χ0n) is 15.7. The summed E-state index contributed by atoms with van der Waals surface area (Å²) in [4.78, 5) is 25.2. The second-order valence-electron chi connectivity index (χ2n) is 6.94. The number of nitrogens with zero attached hydrogens (tertiary/aromatic N) is 4. The van der Waals surface area contributed by atoms with E-state index in [1.807, 2.05) is 11.9 Å². The van der Waals surface area contributed by atoms with Crippen LogP contribution in [0.25, 0.3) is 0 Å². The average Bonchev–Trinajstić information content (AvgIpc) is 2.63.